The highest BCUT2D eigenvalue weighted by atomic mass is 16.5. The van der Waals surface area contributed by atoms with Crippen LogP contribution in [0, 0.1) is 5.41 Å². The first kappa shape index (κ1) is 12.9. The summed E-state index contributed by atoms with van der Waals surface area (Å²) in [5.41, 5.74) is 8.11. The third-order valence-corrected chi connectivity index (χ3v) is 2.90. The molecule has 4 nitrogen and oxygen atoms in total. The Morgan fingerprint density at radius 2 is 2.17 bits per heavy atom. The Hall–Kier alpha value is -1.55. The quantitative estimate of drug-likeness (QED) is 0.845. The highest BCUT2D eigenvalue weighted by molar-refractivity contribution is 5.95. The molecule has 0 saturated heterocycles. The van der Waals surface area contributed by atoms with Gasteiger partial charge in [-0.25, -0.2) is 0 Å². The molecular weight excluding hydrogens is 228 g/mol. The molecule has 1 aliphatic heterocycles. The van der Waals surface area contributed by atoms with Crippen molar-refractivity contribution in [2.75, 3.05) is 11.9 Å². The van der Waals surface area contributed by atoms with Gasteiger partial charge in [-0.05, 0) is 29.5 Å². The number of carbonyl (C=O) groups is 1. The molecule has 1 atom stereocenters. The van der Waals surface area contributed by atoms with Crippen LogP contribution in [0.5, 0.6) is 5.75 Å². The lowest BCUT2D eigenvalue weighted by Crippen LogP contribution is -2.26. The van der Waals surface area contributed by atoms with E-state index in [9.17, 15) is 4.79 Å². The maximum Gasteiger partial charge on any atom is 0.262 e. The molecule has 1 unspecified atom stereocenters. The fourth-order valence-electron chi connectivity index (χ4n) is 2.11. The minimum atomic E-state index is -0.121. The van der Waals surface area contributed by atoms with Crippen LogP contribution in [0.1, 0.15) is 38.8 Å². The van der Waals surface area contributed by atoms with Gasteiger partial charge in [0.2, 0.25) is 0 Å². The number of fused-ring (bicyclic) bond motifs is 1. The van der Waals surface area contributed by atoms with Crippen LogP contribution >= 0.6 is 0 Å². The molecule has 1 heterocycles. The number of hydrogen-bond acceptors (Lipinski definition) is 3. The molecule has 98 valence electrons. The van der Waals surface area contributed by atoms with E-state index in [4.69, 9.17) is 10.5 Å². The van der Waals surface area contributed by atoms with E-state index in [1.807, 2.05) is 18.2 Å². The molecule has 0 saturated carbocycles. The van der Waals surface area contributed by atoms with Gasteiger partial charge in [0, 0.05) is 6.04 Å². The molecule has 1 amide bonds. The van der Waals surface area contributed by atoms with Crippen molar-refractivity contribution in [3.63, 3.8) is 0 Å². The lowest BCUT2D eigenvalue weighted by molar-refractivity contribution is -0.118. The van der Waals surface area contributed by atoms with Gasteiger partial charge >= 0.3 is 0 Å². The summed E-state index contributed by atoms with van der Waals surface area (Å²) in [6, 6.07) is 5.71. The second-order valence-electron chi connectivity index (χ2n) is 5.96. The van der Waals surface area contributed by atoms with E-state index >= 15 is 0 Å². The highest BCUT2D eigenvalue weighted by Gasteiger charge is 2.20. The highest BCUT2D eigenvalue weighted by Crippen LogP contribution is 2.33. The molecular formula is C14H20N2O2. The van der Waals surface area contributed by atoms with Crippen molar-refractivity contribution in [3.05, 3.63) is 23.8 Å². The average Bonchev–Trinajstić information content (AvgIpc) is 2.25. The number of ether oxygens (including phenoxy) is 1. The van der Waals surface area contributed by atoms with Crippen molar-refractivity contribution in [1.29, 1.82) is 0 Å². The third kappa shape index (κ3) is 3.01. The molecule has 4 heteroatoms. The van der Waals surface area contributed by atoms with E-state index in [-0.39, 0.29) is 24.0 Å². The van der Waals surface area contributed by atoms with Gasteiger partial charge in [-0.3, -0.25) is 4.79 Å². The lowest BCUT2D eigenvalue weighted by Gasteiger charge is -2.25. The molecule has 1 aromatic carbocycles. The number of benzene rings is 1. The Balaban J connectivity index is 2.20. The summed E-state index contributed by atoms with van der Waals surface area (Å²) >= 11 is 0. The van der Waals surface area contributed by atoms with Crippen LogP contribution in [0.2, 0.25) is 0 Å². The Kier molecular flexibility index (Phi) is 3.30. The third-order valence-electron chi connectivity index (χ3n) is 2.90. The maximum atomic E-state index is 11.3. The Labute approximate surface area is 108 Å². The summed E-state index contributed by atoms with van der Waals surface area (Å²) < 4.78 is 5.32. The molecule has 0 spiro atoms. The summed E-state index contributed by atoms with van der Waals surface area (Å²) in [4.78, 5) is 11.3. The SMILES string of the molecule is CC(C)(C)CC(N)c1ccc2c(c1)NC(=O)CO2. The standard InChI is InChI=1S/C14H20N2O2/c1-14(2,3)7-10(15)9-4-5-12-11(6-9)16-13(17)8-18-12/h4-6,10H,7-8,15H2,1-3H3,(H,16,17). The Bertz CT molecular complexity index is 463. The summed E-state index contributed by atoms with van der Waals surface area (Å²) in [6.07, 6.45) is 0.889. The van der Waals surface area contributed by atoms with Gasteiger partial charge in [0.1, 0.15) is 5.75 Å². The first-order valence-electron chi connectivity index (χ1n) is 6.17. The minimum absolute atomic E-state index is 0.0332. The zero-order valence-electron chi connectivity index (χ0n) is 11.1. The van der Waals surface area contributed by atoms with Crippen molar-refractivity contribution in [2.24, 2.45) is 11.1 Å². The molecule has 0 bridgehead atoms. The molecule has 2 rings (SSSR count). The van der Waals surface area contributed by atoms with Crippen molar-refractivity contribution in [1.82, 2.24) is 0 Å². The molecule has 0 fully saturated rings. The molecule has 18 heavy (non-hydrogen) atoms. The van der Waals surface area contributed by atoms with Crippen molar-refractivity contribution < 1.29 is 9.53 Å². The first-order valence-corrected chi connectivity index (χ1v) is 6.17. The average molecular weight is 248 g/mol. The number of nitrogens with one attached hydrogen (secondary N) is 1. The van der Waals surface area contributed by atoms with Crippen LogP contribution in [0.25, 0.3) is 0 Å². The number of anilines is 1. The topological polar surface area (TPSA) is 64.3 Å². The van der Waals surface area contributed by atoms with Crippen LogP contribution in [-0.2, 0) is 4.79 Å². The largest absolute Gasteiger partial charge is 0.482 e. The van der Waals surface area contributed by atoms with E-state index < -0.39 is 0 Å². The number of nitrogens with two attached hydrogens (primary N) is 1. The predicted octanol–water partition coefficient (Wildman–Crippen LogP) is 2.45. The zero-order chi connectivity index (χ0) is 13.3. The smallest absolute Gasteiger partial charge is 0.262 e. The summed E-state index contributed by atoms with van der Waals surface area (Å²) in [7, 11) is 0. The van der Waals surface area contributed by atoms with E-state index in [2.05, 4.69) is 26.1 Å². The Morgan fingerprint density at radius 3 is 2.83 bits per heavy atom. The van der Waals surface area contributed by atoms with E-state index in [1.54, 1.807) is 0 Å². The molecule has 0 aromatic heterocycles. The fraction of sp³-hybridized carbons (Fsp3) is 0.500. The van der Waals surface area contributed by atoms with Gasteiger partial charge in [0.05, 0.1) is 5.69 Å². The van der Waals surface area contributed by atoms with Gasteiger partial charge < -0.3 is 15.8 Å². The zero-order valence-corrected chi connectivity index (χ0v) is 11.1. The van der Waals surface area contributed by atoms with Crippen LogP contribution < -0.4 is 15.8 Å². The van der Waals surface area contributed by atoms with Crippen LogP contribution in [-0.4, -0.2) is 12.5 Å². The van der Waals surface area contributed by atoms with Gasteiger partial charge in [0.15, 0.2) is 6.61 Å². The summed E-state index contributed by atoms with van der Waals surface area (Å²) in [6.45, 7) is 6.57. The predicted molar refractivity (Wildman–Crippen MR) is 71.6 cm³/mol. The Morgan fingerprint density at radius 1 is 1.44 bits per heavy atom. The molecule has 0 radical (unpaired) electrons. The second-order valence-corrected chi connectivity index (χ2v) is 5.96. The summed E-state index contributed by atoms with van der Waals surface area (Å²) in [5, 5.41) is 2.80. The second kappa shape index (κ2) is 4.61. The maximum absolute atomic E-state index is 11.3. The lowest BCUT2D eigenvalue weighted by atomic mass is 9.86. The monoisotopic (exact) mass is 248 g/mol. The van der Waals surface area contributed by atoms with E-state index in [0.717, 1.165) is 12.0 Å². The minimum Gasteiger partial charge on any atom is -0.482 e. The normalized spacial score (nSPS) is 16.6. The van der Waals surface area contributed by atoms with E-state index in [0.29, 0.717) is 11.4 Å². The van der Waals surface area contributed by atoms with E-state index in [1.165, 1.54) is 0 Å². The van der Waals surface area contributed by atoms with Crippen LogP contribution in [0.3, 0.4) is 0 Å². The number of carbonyl (C=O) groups excluding carboxylic acids is 1. The number of amides is 1. The van der Waals surface area contributed by atoms with Crippen molar-refractivity contribution in [3.8, 4) is 5.75 Å². The molecule has 3 N–H and O–H groups in total. The first-order chi connectivity index (χ1) is 8.35. The van der Waals surface area contributed by atoms with Gasteiger partial charge in [-0.1, -0.05) is 26.8 Å². The van der Waals surface area contributed by atoms with Gasteiger partial charge in [-0.2, -0.15) is 0 Å². The van der Waals surface area contributed by atoms with Gasteiger partial charge in [0.25, 0.3) is 5.91 Å². The van der Waals surface area contributed by atoms with Crippen molar-refractivity contribution in [2.45, 2.75) is 33.2 Å². The fourth-order valence-corrected chi connectivity index (χ4v) is 2.11. The van der Waals surface area contributed by atoms with Crippen LogP contribution in [0.4, 0.5) is 5.69 Å². The number of hydrogen-bond donors (Lipinski definition) is 2. The number of rotatable bonds is 2. The van der Waals surface area contributed by atoms with Gasteiger partial charge in [-0.15, -0.1) is 0 Å². The van der Waals surface area contributed by atoms with Crippen LogP contribution in [0.15, 0.2) is 18.2 Å². The summed E-state index contributed by atoms with van der Waals surface area (Å²) in [5.74, 6) is 0.588. The molecule has 1 aliphatic rings. The molecule has 0 aliphatic carbocycles. The molecule has 1 aromatic rings. The van der Waals surface area contributed by atoms with Crippen molar-refractivity contribution >= 4 is 11.6 Å².